The van der Waals surface area contributed by atoms with Crippen LogP contribution in [0.1, 0.15) is 11.7 Å². The number of thioether (sulfide) groups is 1. The summed E-state index contributed by atoms with van der Waals surface area (Å²) in [5.74, 6) is -0.946. The van der Waals surface area contributed by atoms with Gasteiger partial charge in [0.05, 0.1) is 12.1 Å². The number of aromatic nitrogens is 4. The molecule has 0 aliphatic heterocycles. The molecule has 0 aliphatic rings. The van der Waals surface area contributed by atoms with E-state index in [0.29, 0.717) is 5.16 Å². The minimum Gasteiger partial charge on any atom is -0.196 e. The van der Waals surface area contributed by atoms with Gasteiger partial charge in [0, 0.05) is 29.6 Å². The Morgan fingerprint density at radius 2 is 1.64 bits per heavy atom. The van der Waals surface area contributed by atoms with Gasteiger partial charge in [-0.15, -0.1) is 20.4 Å². The zero-order valence-corrected chi connectivity index (χ0v) is 10.5. The molecule has 0 aliphatic carbocycles. The molecule has 6 nitrogen and oxygen atoms in total. The molecular formula is C6H4N6NaS. The Bertz CT molecular complexity index is 351. The molecule has 1 aromatic heterocycles. The van der Waals surface area contributed by atoms with Crippen molar-refractivity contribution in [1.82, 2.24) is 20.4 Å². The number of nitriles is 2. The van der Waals surface area contributed by atoms with Gasteiger partial charge in [-0.05, 0) is 6.26 Å². The van der Waals surface area contributed by atoms with E-state index >= 15 is 0 Å². The molecule has 0 amide bonds. The Morgan fingerprint density at radius 3 is 2.00 bits per heavy atom. The van der Waals surface area contributed by atoms with E-state index < -0.39 is 5.92 Å². The minimum absolute atomic E-state index is 0. The molecular weight excluding hydrogens is 211 g/mol. The molecule has 0 saturated carbocycles. The number of nitrogens with zero attached hydrogens (tertiary/aromatic N) is 6. The van der Waals surface area contributed by atoms with Crippen LogP contribution in [0.25, 0.3) is 0 Å². The molecule has 0 fully saturated rings. The topological polar surface area (TPSA) is 99.1 Å². The third-order valence-electron chi connectivity index (χ3n) is 1.17. The normalized spacial score (nSPS) is 8.57. The van der Waals surface area contributed by atoms with E-state index in [1.54, 1.807) is 18.4 Å². The Hall–Kier alpha value is -0.730. The van der Waals surface area contributed by atoms with E-state index in [1.165, 1.54) is 11.8 Å². The molecule has 65 valence electrons. The van der Waals surface area contributed by atoms with Crippen molar-refractivity contribution >= 4 is 41.3 Å². The van der Waals surface area contributed by atoms with Gasteiger partial charge in [0.15, 0.2) is 5.92 Å². The monoisotopic (exact) mass is 215 g/mol. The molecule has 1 rings (SSSR count). The molecule has 0 aromatic carbocycles. The summed E-state index contributed by atoms with van der Waals surface area (Å²) >= 11 is 1.29. The fourth-order valence-electron chi connectivity index (χ4n) is 0.569. The third kappa shape index (κ3) is 3.20. The van der Waals surface area contributed by atoms with Crippen LogP contribution in [0, 0.1) is 22.7 Å². The average molecular weight is 215 g/mol. The summed E-state index contributed by atoms with van der Waals surface area (Å²) in [5.41, 5.74) is 0. The maximum atomic E-state index is 8.49. The van der Waals surface area contributed by atoms with Gasteiger partial charge in [-0.25, -0.2) is 0 Å². The van der Waals surface area contributed by atoms with Crippen molar-refractivity contribution < 1.29 is 0 Å². The molecule has 14 heavy (non-hydrogen) atoms. The summed E-state index contributed by atoms with van der Waals surface area (Å²) in [4.78, 5) is 0. The Morgan fingerprint density at radius 1 is 1.14 bits per heavy atom. The fraction of sp³-hybridized carbons (Fsp3) is 0.333. The van der Waals surface area contributed by atoms with Crippen molar-refractivity contribution in [3.63, 3.8) is 0 Å². The first-order valence-corrected chi connectivity index (χ1v) is 4.44. The summed E-state index contributed by atoms with van der Waals surface area (Å²) in [5, 5.41) is 31.9. The summed E-state index contributed by atoms with van der Waals surface area (Å²) in [6.45, 7) is 0. The fourth-order valence-corrected chi connectivity index (χ4v) is 0.814. The van der Waals surface area contributed by atoms with Crippen molar-refractivity contribution in [2.45, 2.75) is 11.1 Å². The molecule has 0 N–H and O–H groups in total. The summed E-state index contributed by atoms with van der Waals surface area (Å²) in [7, 11) is 0. The van der Waals surface area contributed by atoms with Crippen LogP contribution in [0.15, 0.2) is 5.16 Å². The van der Waals surface area contributed by atoms with Crippen LogP contribution in [0.5, 0.6) is 0 Å². The van der Waals surface area contributed by atoms with Gasteiger partial charge in [-0.2, -0.15) is 10.5 Å². The molecule has 8 heteroatoms. The zero-order valence-electron chi connectivity index (χ0n) is 7.67. The van der Waals surface area contributed by atoms with Gasteiger partial charge < -0.3 is 0 Å². The van der Waals surface area contributed by atoms with Crippen LogP contribution in [0.3, 0.4) is 0 Å². The zero-order chi connectivity index (χ0) is 9.68. The van der Waals surface area contributed by atoms with Crippen molar-refractivity contribution in [2.24, 2.45) is 0 Å². The number of hydrogen-bond donors (Lipinski definition) is 0. The first kappa shape index (κ1) is 13.3. The van der Waals surface area contributed by atoms with E-state index in [0.717, 1.165) is 0 Å². The molecule has 0 saturated heterocycles. The first-order chi connectivity index (χ1) is 6.31. The maximum absolute atomic E-state index is 8.49. The second-order valence-electron chi connectivity index (χ2n) is 1.94. The molecule has 0 unspecified atom stereocenters. The van der Waals surface area contributed by atoms with Gasteiger partial charge in [-0.1, -0.05) is 11.8 Å². The van der Waals surface area contributed by atoms with Gasteiger partial charge in [0.1, 0.15) is 0 Å². The largest absolute Gasteiger partial charge is 0.229 e. The molecule has 0 spiro atoms. The van der Waals surface area contributed by atoms with E-state index in [-0.39, 0.29) is 35.4 Å². The van der Waals surface area contributed by atoms with Crippen molar-refractivity contribution in [3.8, 4) is 12.1 Å². The summed E-state index contributed by atoms with van der Waals surface area (Å²) in [6, 6.07) is 3.47. The van der Waals surface area contributed by atoms with Crippen molar-refractivity contribution in [1.29, 1.82) is 10.5 Å². The average Bonchev–Trinajstić information content (AvgIpc) is 2.21. The SMILES string of the molecule is CSc1nnc(C(C#N)C#N)nn1.[Na]. The Kier molecular flexibility index (Phi) is 6.34. The summed E-state index contributed by atoms with van der Waals surface area (Å²) < 4.78 is 0. The number of rotatable bonds is 2. The minimum atomic E-state index is -0.990. The molecule has 1 aromatic rings. The summed E-state index contributed by atoms with van der Waals surface area (Å²) in [6.07, 6.45) is 1.78. The van der Waals surface area contributed by atoms with Gasteiger partial charge in [-0.3, -0.25) is 0 Å². The van der Waals surface area contributed by atoms with Crippen LogP contribution in [0.2, 0.25) is 0 Å². The Balaban J connectivity index is 0.00000169. The van der Waals surface area contributed by atoms with Gasteiger partial charge >= 0.3 is 0 Å². The standard InChI is InChI=1S/C6H4N6S.Na/c1-13-6-11-9-5(10-12-6)4(2-7)3-8;/h4H,1H3;. The van der Waals surface area contributed by atoms with Gasteiger partial charge in [0.25, 0.3) is 0 Å². The van der Waals surface area contributed by atoms with Crippen molar-refractivity contribution in [2.75, 3.05) is 6.26 Å². The van der Waals surface area contributed by atoms with Crippen LogP contribution in [0.4, 0.5) is 0 Å². The second kappa shape index (κ2) is 6.68. The van der Waals surface area contributed by atoms with Crippen molar-refractivity contribution in [3.05, 3.63) is 5.82 Å². The number of hydrogen-bond acceptors (Lipinski definition) is 7. The van der Waals surface area contributed by atoms with Gasteiger partial charge in [0.2, 0.25) is 11.0 Å². The van der Waals surface area contributed by atoms with E-state index in [4.69, 9.17) is 10.5 Å². The molecule has 1 radical (unpaired) electrons. The smallest absolute Gasteiger partial charge is 0.196 e. The predicted octanol–water partition coefficient (Wildman–Crippen LogP) is -0.262. The Labute approximate surface area is 107 Å². The van der Waals surface area contributed by atoms with Crippen LogP contribution < -0.4 is 0 Å². The molecule has 1 heterocycles. The van der Waals surface area contributed by atoms with E-state index in [2.05, 4.69) is 20.4 Å². The molecule has 0 bridgehead atoms. The van der Waals surface area contributed by atoms with E-state index in [1.807, 2.05) is 0 Å². The van der Waals surface area contributed by atoms with Crippen LogP contribution in [-0.2, 0) is 0 Å². The second-order valence-corrected chi connectivity index (χ2v) is 2.71. The first-order valence-electron chi connectivity index (χ1n) is 3.22. The maximum Gasteiger partial charge on any atom is 0.229 e. The third-order valence-corrected chi connectivity index (χ3v) is 1.70. The predicted molar refractivity (Wildman–Crippen MR) is 49.1 cm³/mol. The van der Waals surface area contributed by atoms with Crippen LogP contribution in [-0.4, -0.2) is 56.2 Å². The molecule has 0 atom stereocenters. The van der Waals surface area contributed by atoms with E-state index in [9.17, 15) is 0 Å². The quantitative estimate of drug-likeness (QED) is 0.494. The van der Waals surface area contributed by atoms with Crippen LogP contribution >= 0.6 is 11.8 Å².